The number of carboxylic acids is 1. The van der Waals surface area contributed by atoms with Crippen LogP contribution in [0.2, 0.25) is 0 Å². The van der Waals surface area contributed by atoms with Crippen molar-refractivity contribution in [3.8, 4) is 0 Å². The third kappa shape index (κ3) is 2.85. The maximum atomic E-state index is 11.7. The average Bonchev–Trinajstić information content (AvgIpc) is 2.67. The van der Waals surface area contributed by atoms with Crippen molar-refractivity contribution in [1.82, 2.24) is 10.2 Å². The smallest absolute Gasteiger partial charge is 0.317 e. The molecule has 0 aliphatic carbocycles. The molecule has 1 aliphatic heterocycles. The largest absolute Gasteiger partial charge is 0.481 e. The number of aliphatic carboxylic acids is 1. The number of carbonyl (C=O) groups excluding carboxylic acids is 1. The number of hydrogen-bond acceptors (Lipinski definition) is 3. The molecule has 0 aromatic carbocycles. The standard InChI is InChI=1S/C10H18N2O4/c1-3-12(4-2)10(15)11-8-6-16-5-7(8)9(13)14/h7-8H,3-6H2,1-2H3,(H,11,15)(H,13,14). The second-order valence-electron chi connectivity index (χ2n) is 3.71. The van der Waals surface area contributed by atoms with Gasteiger partial charge >= 0.3 is 12.0 Å². The van der Waals surface area contributed by atoms with E-state index in [0.29, 0.717) is 13.1 Å². The van der Waals surface area contributed by atoms with Gasteiger partial charge in [0.1, 0.15) is 5.92 Å². The van der Waals surface area contributed by atoms with E-state index in [2.05, 4.69) is 5.32 Å². The van der Waals surface area contributed by atoms with E-state index in [1.807, 2.05) is 13.8 Å². The minimum atomic E-state index is -0.928. The highest BCUT2D eigenvalue weighted by Crippen LogP contribution is 2.14. The third-order valence-corrected chi connectivity index (χ3v) is 2.76. The summed E-state index contributed by atoms with van der Waals surface area (Å²) in [7, 11) is 0. The first-order valence-electron chi connectivity index (χ1n) is 5.46. The molecule has 2 N–H and O–H groups in total. The van der Waals surface area contributed by atoms with Crippen molar-refractivity contribution in [1.29, 1.82) is 0 Å². The van der Waals surface area contributed by atoms with Crippen LogP contribution in [0.5, 0.6) is 0 Å². The number of carboxylic acid groups (broad SMARTS) is 1. The fourth-order valence-electron chi connectivity index (χ4n) is 1.70. The monoisotopic (exact) mass is 230 g/mol. The first-order valence-corrected chi connectivity index (χ1v) is 5.46. The number of carbonyl (C=O) groups is 2. The van der Waals surface area contributed by atoms with Gasteiger partial charge in [0.15, 0.2) is 0 Å². The van der Waals surface area contributed by atoms with Crippen molar-refractivity contribution in [3.63, 3.8) is 0 Å². The summed E-state index contributed by atoms with van der Waals surface area (Å²) >= 11 is 0. The van der Waals surface area contributed by atoms with E-state index < -0.39 is 17.9 Å². The van der Waals surface area contributed by atoms with Crippen LogP contribution in [0.25, 0.3) is 0 Å². The molecule has 0 saturated carbocycles. The topological polar surface area (TPSA) is 78.9 Å². The van der Waals surface area contributed by atoms with Crippen molar-refractivity contribution in [2.45, 2.75) is 19.9 Å². The van der Waals surface area contributed by atoms with E-state index in [9.17, 15) is 9.59 Å². The SMILES string of the molecule is CCN(CC)C(=O)NC1COCC1C(=O)O. The van der Waals surface area contributed by atoms with Gasteiger partial charge in [-0.05, 0) is 13.8 Å². The normalized spacial score (nSPS) is 24.1. The van der Waals surface area contributed by atoms with Gasteiger partial charge < -0.3 is 20.1 Å². The third-order valence-electron chi connectivity index (χ3n) is 2.76. The number of nitrogens with zero attached hydrogens (tertiary/aromatic N) is 1. The highest BCUT2D eigenvalue weighted by molar-refractivity contribution is 5.77. The molecule has 0 aromatic heterocycles. The summed E-state index contributed by atoms with van der Waals surface area (Å²) in [6.07, 6.45) is 0. The van der Waals surface area contributed by atoms with Crippen LogP contribution in [0.1, 0.15) is 13.8 Å². The van der Waals surface area contributed by atoms with Crippen LogP contribution in [0, 0.1) is 5.92 Å². The molecule has 92 valence electrons. The van der Waals surface area contributed by atoms with Crippen LogP contribution < -0.4 is 5.32 Å². The zero-order chi connectivity index (χ0) is 12.1. The van der Waals surface area contributed by atoms with Gasteiger partial charge in [0, 0.05) is 13.1 Å². The van der Waals surface area contributed by atoms with Crippen molar-refractivity contribution in [3.05, 3.63) is 0 Å². The maximum Gasteiger partial charge on any atom is 0.317 e. The van der Waals surface area contributed by atoms with E-state index in [1.54, 1.807) is 4.90 Å². The Balaban J connectivity index is 2.53. The first-order chi connectivity index (χ1) is 7.60. The number of rotatable bonds is 4. The van der Waals surface area contributed by atoms with Gasteiger partial charge in [-0.25, -0.2) is 4.79 Å². The van der Waals surface area contributed by atoms with E-state index in [0.717, 1.165) is 0 Å². The quantitative estimate of drug-likeness (QED) is 0.720. The Morgan fingerprint density at radius 1 is 1.38 bits per heavy atom. The molecule has 1 aliphatic rings. The fourth-order valence-corrected chi connectivity index (χ4v) is 1.70. The van der Waals surface area contributed by atoms with Crippen molar-refractivity contribution in [2.75, 3.05) is 26.3 Å². The first kappa shape index (κ1) is 12.8. The molecule has 0 bridgehead atoms. The minimum Gasteiger partial charge on any atom is -0.481 e. The van der Waals surface area contributed by atoms with Gasteiger partial charge in [-0.2, -0.15) is 0 Å². The summed E-state index contributed by atoms with van der Waals surface area (Å²) in [4.78, 5) is 24.2. The van der Waals surface area contributed by atoms with E-state index >= 15 is 0 Å². The van der Waals surface area contributed by atoms with Crippen LogP contribution >= 0.6 is 0 Å². The molecule has 16 heavy (non-hydrogen) atoms. The number of amides is 2. The highest BCUT2D eigenvalue weighted by atomic mass is 16.5. The average molecular weight is 230 g/mol. The summed E-state index contributed by atoms with van der Waals surface area (Å²) < 4.78 is 5.06. The Morgan fingerprint density at radius 2 is 2.00 bits per heavy atom. The number of nitrogens with one attached hydrogen (secondary N) is 1. The van der Waals surface area contributed by atoms with Gasteiger partial charge in [-0.15, -0.1) is 0 Å². The summed E-state index contributed by atoms with van der Waals surface area (Å²) in [6, 6.07) is -0.655. The van der Waals surface area contributed by atoms with Gasteiger partial charge in [-0.3, -0.25) is 4.79 Å². The van der Waals surface area contributed by atoms with Gasteiger partial charge in [0.25, 0.3) is 0 Å². The summed E-state index contributed by atoms with van der Waals surface area (Å²) in [5, 5.41) is 11.6. The molecule has 0 spiro atoms. The molecular formula is C10H18N2O4. The lowest BCUT2D eigenvalue weighted by Crippen LogP contribution is -2.48. The minimum absolute atomic E-state index is 0.165. The molecule has 6 nitrogen and oxygen atoms in total. The zero-order valence-electron chi connectivity index (χ0n) is 9.60. The lowest BCUT2D eigenvalue weighted by molar-refractivity contribution is -0.142. The molecule has 2 amide bonds. The van der Waals surface area contributed by atoms with Gasteiger partial charge in [0.2, 0.25) is 0 Å². The molecule has 2 unspecified atom stereocenters. The Labute approximate surface area is 94.6 Å². The Kier molecular flexibility index (Phi) is 4.54. The van der Waals surface area contributed by atoms with Gasteiger partial charge in [0.05, 0.1) is 19.3 Å². The van der Waals surface area contributed by atoms with Crippen LogP contribution in [-0.4, -0.2) is 54.4 Å². The molecule has 2 atom stereocenters. The lowest BCUT2D eigenvalue weighted by Gasteiger charge is -2.23. The highest BCUT2D eigenvalue weighted by Gasteiger charge is 2.35. The Bertz CT molecular complexity index is 266. The Hall–Kier alpha value is -1.30. The van der Waals surface area contributed by atoms with Crippen LogP contribution in [0.3, 0.4) is 0 Å². The van der Waals surface area contributed by atoms with Crippen molar-refractivity contribution in [2.24, 2.45) is 5.92 Å². The molecule has 1 saturated heterocycles. The predicted octanol–water partition coefficient (Wildman–Crippen LogP) is 0.137. The molecule has 0 radical (unpaired) electrons. The van der Waals surface area contributed by atoms with E-state index in [4.69, 9.17) is 9.84 Å². The summed E-state index contributed by atoms with van der Waals surface area (Å²) in [5.74, 6) is -1.57. The van der Waals surface area contributed by atoms with Crippen molar-refractivity contribution < 1.29 is 19.4 Å². The predicted molar refractivity (Wildman–Crippen MR) is 57.2 cm³/mol. The van der Waals surface area contributed by atoms with Crippen molar-refractivity contribution >= 4 is 12.0 Å². The van der Waals surface area contributed by atoms with E-state index in [-0.39, 0.29) is 19.2 Å². The molecule has 1 fully saturated rings. The maximum absolute atomic E-state index is 11.7. The summed E-state index contributed by atoms with van der Waals surface area (Å²) in [6.45, 7) is 5.40. The van der Waals surface area contributed by atoms with Crippen LogP contribution in [-0.2, 0) is 9.53 Å². The molecule has 6 heteroatoms. The van der Waals surface area contributed by atoms with Crippen LogP contribution in [0.15, 0.2) is 0 Å². The zero-order valence-corrected chi connectivity index (χ0v) is 9.60. The Morgan fingerprint density at radius 3 is 2.50 bits per heavy atom. The number of urea groups is 1. The molecule has 1 rings (SSSR count). The molecule has 1 heterocycles. The van der Waals surface area contributed by atoms with E-state index in [1.165, 1.54) is 0 Å². The van der Waals surface area contributed by atoms with Crippen LogP contribution in [0.4, 0.5) is 4.79 Å². The molecular weight excluding hydrogens is 212 g/mol. The number of hydrogen-bond donors (Lipinski definition) is 2. The molecule has 0 aromatic rings. The van der Waals surface area contributed by atoms with Gasteiger partial charge in [-0.1, -0.05) is 0 Å². The fraction of sp³-hybridized carbons (Fsp3) is 0.800. The second kappa shape index (κ2) is 5.69. The second-order valence-corrected chi connectivity index (χ2v) is 3.71. The number of ether oxygens (including phenoxy) is 1. The summed E-state index contributed by atoms with van der Waals surface area (Å²) in [5.41, 5.74) is 0. The lowest BCUT2D eigenvalue weighted by atomic mass is 10.0.